The van der Waals surface area contributed by atoms with E-state index in [4.69, 9.17) is 0 Å². The highest BCUT2D eigenvalue weighted by atomic mass is 32.2. The molecule has 8 heteroatoms. The number of carbonyl (C=O) groups is 2. The number of benzene rings is 3. The Morgan fingerprint density at radius 2 is 1.59 bits per heavy atom. The molecule has 3 aromatic carbocycles. The molecule has 0 heterocycles. The fraction of sp³-hybridized carbons (Fsp3) is 0.167. The highest BCUT2D eigenvalue weighted by Gasteiger charge is 2.25. The molecule has 0 saturated heterocycles. The van der Waals surface area contributed by atoms with Gasteiger partial charge >= 0.3 is 0 Å². The van der Waals surface area contributed by atoms with Gasteiger partial charge in [0, 0.05) is 17.3 Å². The van der Waals surface area contributed by atoms with Crippen LogP contribution in [-0.2, 0) is 10.0 Å². The van der Waals surface area contributed by atoms with E-state index in [1.165, 1.54) is 18.2 Å². The second kappa shape index (κ2) is 8.84. The van der Waals surface area contributed by atoms with E-state index in [1.54, 1.807) is 54.6 Å². The van der Waals surface area contributed by atoms with E-state index in [-0.39, 0.29) is 28.1 Å². The van der Waals surface area contributed by atoms with Crippen molar-refractivity contribution >= 4 is 33.2 Å². The van der Waals surface area contributed by atoms with Gasteiger partial charge in [0.15, 0.2) is 0 Å². The third kappa shape index (κ3) is 5.15. The van der Waals surface area contributed by atoms with E-state index in [9.17, 15) is 18.0 Å². The van der Waals surface area contributed by atoms with Crippen LogP contribution in [0.5, 0.6) is 0 Å². The fourth-order valence-corrected chi connectivity index (χ4v) is 4.18. The average molecular weight is 450 g/mol. The second-order valence-corrected chi connectivity index (χ2v) is 9.43. The van der Waals surface area contributed by atoms with Gasteiger partial charge < -0.3 is 10.6 Å². The molecule has 0 unspecified atom stereocenters. The summed E-state index contributed by atoms with van der Waals surface area (Å²) in [5.74, 6) is -0.684. The van der Waals surface area contributed by atoms with Gasteiger partial charge in [-0.05, 0) is 62.2 Å². The lowest BCUT2D eigenvalue weighted by molar-refractivity contribution is 0.0952. The zero-order chi connectivity index (χ0) is 22.7. The lowest BCUT2D eigenvalue weighted by Gasteiger charge is -2.12. The maximum absolute atomic E-state index is 12.8. The standard InChI is InChI=1S/C24H23N3O4S/c1-16-9-13-20(14-10-16)32(30,31)27-19-6-4-5-17(15-19)23(28)26-22-8-3-2-7-21(22)24(29)25-18-11-12-18/h2-10,13-15,18,27H,11-12H2,1H3,(H,25,29)(H,26,28). The topological polar surface area (TPSA) is 104 Å². The first-order valence-corrected chi connectivity index (χ1v) is 11.7. The summed E-state index contributed by atoms with van der Waals surface area (Å²) in [6.07, 6.45) is 1.93. The first-order chi connectivity index (χ1) is 15.3. The molecule has 0 atom stereocenters. The fourth-order valence-electron chi connectivity index (χ4n) is 3.13. The molecule has 0 spiro atoms. The van der Waals surface area contributed by atoms with Crippen molar-refractivity contribution in [2.45, 2.75) is 30.7 Å². The van der Waals surface area contributed by atoms with Gasteiger partial charge in [0.25, 0.3) is 21.8 Å². The van der Waals surface area contributed by atoms with E-state index in [0.29, 0.717) is 11.3 Å². The summed E-state index contributed by atoms with van der Waals surface area (Å²) in [6, 6.07) is 19.6. The molecular weight excluding hydrogens is 426 g/mol. The van der Waals surface area contributed by atoms with Crippen molar-refractivity contribution in [1.29, 1.82) is 0 Å². The van der Waals surface area contributed by atoms with Crippen LogP contribution in [0.4, 0.5) is 11.4 Å². The summed E-state index contributed by atoms with van der Waals surface area (Å²) < 4.78 is 27.8. The van der Waals surface area contributed by atoms with Crippen molar-refractivity contribution in [1.82, 2.24) is 5.32 Å². The molecule has 1 saturated carbocycles. The largest absolute Gasteiger partial charge is 0.349 e. The number of hydrogen-bond acceptors (Lipinski definition) is 4. The summed E-state index contributed by atoms with van der Waals surface area (Å²) in [5, 5.41) is 5.66. The molecular formula is C24H23N3O4S. The van der Waals surface area contributed by atoms with Crippen molar-refractivity contribution in [3.05, 3.63) is 89.5 Å². The maximum atomic E-state index is 12.8. The Balaban J connectivity index is 1.51. The van der Waals surface area contributed by atoms with Crippen LogP contribution in [-0.4, -0.2) is 26.3 Å². The Bertz CT molecular complexity index is 1270. The van der Waals surface area contributed by atoms with Gasteiger partial charge in [-0.3, -0.25) is 14.3 Å². The van der Waals surface area contributed by atoms with Crippen molar-refractivity contribution in [3.8, 4) is 0 Å². The SMILES string of the molecule is Cc1ccc(S(=O)(=O)Nc2cccc(C(=O)Nc3ccccc3C(=O)NC3CC3)c2)cc1. The van der Waals surface area contributed by atoms with E-state index in [0.717, 1.165) is 18.4 Å². The van der Waals surface area contributed by atoms with Crippen LogP contribution >= 0.6 is 0 Å². The quantitative estimate of drug-likeness (QED) is 0.508. The molecule has 0 bridgehead atoms. The number of rotatable bonds is 7. The minimum Gasteiger partial charge on any atom is -0.349 e. The van der Waals surface area contributed by atoms with Crippen molar-refractivity contribution in [3.63, 3.8) is 0 Å². The second-order valence-electron chi connectivity index (χ2n) is 7.75. The highest BCUT2D eigenvalue weighted by Crippen LogP contribution is 2.23. The average Bonchev–Trinajstić information content (AvgIpc) is 3.58. The molecule has 4 rings (SSSR count). The van der Waals surface area contributed by atoms with E-state index in [1.807, 2.05) is 6.92 Å². The molecule has 1 fully saturated rings. The van der Waals surface area contributed by atoms with Crippen molar-refractivity contribution in [2.24, 2.45) is 0 Å². The molecule has 32 heavy (non-hydrogen) atoms. The van der Waals surface area contributed by atoms with Crippen molar-refractivity contribution < 1.29 is 18.0 Å². The predicted molar refractivity (Wildman–Crippen MR) is 123 cm³/mol. The third-order valence-corrected chi connectivity index (χ3v) is 6.44. The molecule has 164 valence electrons. The van der Waals surface area contributed by atoms with Gasteiger partial charge in [0.05, 0.1) is 16.1 Å². The molecule has 0 radical (unpaired) electrons. The van der Waals surface area contributed by atoms with Crippen LogP contribution < -0.4 is 15.4 Å². The van der Waals surface area contributed by atoms with Crippen molar-refractivity contribution in [2.75, 3.05) is 10.0 Å². The lowest BCUT2D eigenvalue weighted by Crippen LogP contribution is -2.27. The lowest BCUT2D eigenvalue weighted by atomic mass is 10.1. The van der Waals surface area contributed by atoms with Crippen LogP contribution in [0.1, 0.15) is 39.1 Å². The van der Waals surface area contributed by atoms with Crippen LogP contribution in [0.2, 0.25) is 0 Å². The number of amides is 2. The summed E-state index contributed by atoms with van der Waals surface area (Å²) >= 11 is 0. The smallest absolute Gasteiger partial charge is 0.261 e. The number of sulfonamides is 1. The third-order valence-electron chi connectivity index (χ3n) is 5.04. The van der Waals surface area contributed by atoms with Gasteiger partial charge in [-0.2, -0.15) is 0 Å². The van der Waals surface area contributed by atoms with Crippen LogP contribution in [0, 0.1) is 6.92 Å². The Kier molecular flexibility index (Phi) is 5.96. The molecule has 0 aliphatic heterocycles. The Hall–Kier alpha value is -3.65. The number of carbonyl (C=O) groups excluding carboxylic acids is 2. The van der Waals surface area contributed by atoms with Crippen LogP contribution in [0.25, 0.3) is 0 Å². The zero-order valence-corrected chi connectivity index (χ0v) is 18.3. The van der Waals surface area contributed by atoms with Crippen LogP contribution in [0.3, 0.4) is 0 Å². The Morgan fingerprint density at radius 3 is 2.31 bits per heavy atom. The predicted octanol–water partition coefficient (Wildman–Crippen LogP) is 3.94. The normalized spacial score (nSPS) is 13.3. The number of aryl methyl sites for hydroxylation is 1. The zero-order valence-electron chi connectivity index (χ0n) is 17.5. The van der Waals surface area contributed by atoms with Gasteiger partial charge in [0.2, 0.25) is 0 Å². The number of para-hydroxylation sites is 1. The summed E-state index contributed by atoms with van der Waals surface area (Å²) in [5.41, 5.74) is 2.24. The summed E-state index contributed by atoms with van der Waals surface area (Å²) in [4.78, 5) is 25.4. The minimum atomic E-state index is -3.79. The molecule has 0 aromatic heterocycles. The van der Waals surface area contributed by atoms with Crippen LogP contribution in [0.15, 0.2) is 77.7 Å². The Morgan fingerprint density at radius 1 is 0.875 bits per heavy atom. The molecule has 1 aliphatic rings. The van der Waals surface area contributed by atoms with E-state index < -0.39 is 15.9 Å². The number of hydrogen-bond donors (Lipinski definition) is 3. The summed E-state index contributed by atoms with van der Waals surface area (Å²) in [6.45, 7) is 1.87. The monoisotopic (exact) mass is 449 g/mol. The first kappa shape index (κ1) is 21.6. The minimum absolute atomic E-state index is 0.133. The summed E-state index contributed by atoms with van der Waals surface area (Å²) in [7, 11) is -3.79. The van der Waals surface area contributed by atoms with E-state index in [2.05, 4.69) is 15.4 Å². The van der Waals surface area contributed by atoms with Gasteiger partial charge in [-0.15, -0.1) is 0 Å². The van der Waals surface area contributed by atoms with E-state index >= 15 is 0 Å². The first-order valence-electron chi connectivity index (χ1n) is 10.2. The molecule has 7 nitrogen and oxygen atoms in total. The highest BCUT2D eigenvalue weighted by molar-refractivity contribution is 7.92. The molecule has 3 aromatic rings. The van der Waals surface area contributed by atoms with Gasteiger partial charge in [0.1, 0.15) is 0 Å². The molecule has 1 aliphatic carbocycles. The Labute approximate surface area is 186 Å². The van der Waals surface area contributed by atoms with Gasteiger partial charge in [-0.25, -0.2) is 8.42 Å². The molecule has 3 N–H and O–H groups in total. The molecule has 2 amide bonds. The maximum Gasteiger partial charge on any atom is 0.261 e. The van der Waals surface area contributed by atoms with Gasteiger partial charge in [-0.1, -0.05) is 35.9 Å². The number of nitrogens with one attached hydrogen (secondary N) is 3. The number of anilines is 2.